The van der Waals surface area contributed by atoms with E-state index in [1.807, 2.05) is 30.5 Å². The number of rotatable bonds is 5. The second-order valence-corrected chi connectivity index (χ2v) is 7.09. The zero-order valence-electron chi connectivity index (χ0n) is 16.0. The highest BCUT2D eigenvalue weighted by Crippen LogP contribution is 2.32. The molecule has 0 unspecified atom stereocenters. The van der Waals surface area contributed by atoms with Crippen molar-refractivity contribution in [2.75, 3.05) is 30.9 Å². The maximum atomic E-state index is 5.56. The summed E-state index contributed by atoms with van der Waals surface area (Å²) < 4.78 is 10.7. The zero-order chi connectivity index (χ0) is 19.8. The molecule has 0 spiro atoms. The van der Waals surface area contributed by atoms with Crippen molar-refractivity contribution in [3.8, 4) is 22.8 Å². The molecule has 1 aliphatic heterocycles. The van der Waals surface area contributed by atoms with Gasteiger partial charge in [0.25, 0.3) is 0 Å². The van der Waals surface area contributed by atoms with Gasteiger partial charge in [0.15, 0.2) is 5.82 Å². The fraction of sp³-hybridized carbons (Fsp3) is 0.300. The monoisotopic (exact) mass is 391 g/mol. The van der Waals surface area contributed by atoms with E-state index in [9.17, 15) is 0 Å². The molecule has 4 heterocycles. The highest BCUT2D eigenvalue weighted by molar-refractivity contribution is 5.96. The van der Waals surface area contributed by atoms with Gasteiger partial charge in [0.2, 0.25) is 5.89 Å². The first-order chi connectivity index (χ1) is 14.2. The molecule has 0 radical (unpaired) electrons. The van der Waals surface area contributed by atoms with Gasteiger partial charge in [-0.3, -0.25) is 0 Å². The first kappa shape index (κ1) is 17.6. The summed E-state index contributed by atoms with van der Waals surface area (Å²) >= 11 is 0. The molecule has 1 aliphatic rings. The number of fused-ring (bicyclic) bond motifs is 1. The van der Waals surface area contributed by atoms with Gasteiger partial charge in [-0.1, -0.05) is 5.10 Å². The lowest BCUT2D eigenvalue weighted by atomic mass is 10.1. The molecule has 3 aromatic heterocycles. The highest BCUT2D eigenvalue weighted by Gasteiger charge is 2.26. The number of aromatic amines is 1. The molecule has 9 nitrogen and oxygen atoms in total. The average Bonchev–Trinajstić information content (AvgIpc) is 3.47. The minimum Gasteiger partial charge on any atom is -0.404 e. The number of methoxy groups -OCH3 is 1. The van der Waals surface area contributed by atoms with Crippen LogP contribution in [0.2, 0.25) is 0 Å². The predicted molar refractivity (Wildman–Crippen MR) is 109 cm³/mol. The average molecular weight is 391 g/mol. The topological polar surface area (TPSA) is 119 Å². The van der Waals surface area contributed by atoms with E-state index in [0.717, 1.165) is 47.2 Å². The van der Waals surface area contributed by atoms with Crippen molar-refractivity contribution in [3.05, 3.63) is 36.7 Å². The van der Waals surface area contributed by atoms with E-state index in [4.69, 9.17) is 19.9 Å². The number of nitrogen functional groups attached to an aromatic ring is 1. The number of nitrogens with zero attached hydrogens (tertiary/aromatic N) is 5. The lowest BCUT2D eigenvalue weighted by Crippen LogP contribution is -2.33. The molecule has 29 heavy (non-hydrogen) atoms. The molecule has 4 aromatic rings. The summed E-state index contributed by atoms with van der Waals surface area (Å²) in [5.74, 6) is 1.97. The molecule has 1 aromatic carbocycles. The summed E-state index contributed by atoms with van der Waals surface area (Å²) in [6.45, 7) is 1.67. The second kappa shape index (κ2) is 7.17. The third kappa shape index (κ3) is 3.19. The van der Waals surface area contributed by atoms with Crippen LogP contribution in [0, 0.1) is 0 Å². The maximum absolute atomic E-state index is 5.56. The fourth-order valence-corrected chi connectivity index (χ4v) is 3.93. The van der Waals surface area contributed by atoms with Crippen LogP contribution in [0.4, 0.5) is 11.8 Å². The first-order valence-electron chi connectivity index (χ1n) is 9.52. The number of anilines is 2. The highest BCUT2D eigenvalue weighted by atomic mass is 16.5. The fourth-order valence-electron chi connectivity index (χ4n) is 3.93. The van der Waals surface area contributed by atoms with Crippen molar-refractivity contribution in [1.82, 2.24) is 25.1 Å². The maximum Gasteiger partial charge on any atom is 0.313 e. The Balaban J connectivity index is 1.54. The van der Waals surface area contributed by atoms with E-state index in [1.165, 1.54) is 0 Å². The van der Waals surface area contributed by atoms with E-state index >= 15 is 0 Å². The van der Waals surface area contributed by atoms with Gasteiger partial charge in [-0.25, -0.2) is 9.97 Å². The van der Waals surface area contributed by atoms with Crippen molar-refractivity contribution in [2.45, 2.75) is 18.9 Å². The molecular weight excluding hydrogens is 370 g/mol. The van der Waals surface area contributed by atoms with Crippen molar-refractivity contribution < 1.29 is 9.15 Å². The second-order valence-electron chi connectivity index (χ2n) is 7.09. The van der Waals surface area contributed by atoms with E-state index < -0.39 is 0 Å². The Labute approximate surface area is 166 Å². The minimum atomic E-state index is 0.0432. The molecule has 5 rings (SSSR count). The molecule has 1 saturated heterocycles. The smallest absolute Gasteiger partial charge is 0.313 e. The molecule has 1 fully saturated rings. The van der Waals surface area contributed by atoms with Crippen LogP contribution in [-0.2, 0) is 4.74 Å². The van der Waals surface area contributed by atoms with Gasteiger partial charge in [-0.2, -0.15) is 0 Å². The van der Waals surface area contributed by atoms with E-state index in [-0.39, 0.29) is 6.01 Å². The zero-order valence-corrected chi connectivity index (χ0v) is 16.0. The number of benzene rings is 1. The Bertz CT molecular complexity index is 1150. The third-order valence-electron chi connectivity index (χ3n) is 5.28. The minimum absolute atomic E-state index is 0.0432. The van der Waals surface area contributed by atoms with Crippen LogP contribution in [0.1, 0.15) is 12.8 Å². The number of H-pyrrole nitrogens is 1. The summed E-state index contributed by atoms with van der Waals surface area (Å²) in [7, 11) is 1.74. The van der Waals surface area contributed by atoms with Crippen LogP contribution in [0.3, 0.4) is 0 Å². The molecule has 0 amide bonds. The predicted octanol–water partition coefficient (Wildman–Crippen LogP) is 2.87. The Morgan fingerprint density at radius 2 is 2.24 bits per heavy atom. The van der Waals surface area contributed by atoms with Crippen molar-refractivity contribution in [1.29, 1.82) is 0 Å². The van der Waals surface area contributed by atoms with Gasteiger partial charge < -0.3 is 24.8 Å². The molecule has 0 saturated carbocycles. The van der Waals surface area contributed by atoms with E-state index in [0.29, 0.717) is 24.4 Å². The lowest BCUT2D eigenvalue weighted by Gasteiger charge is -2.25. The normalized spacial score (nSPS) is 16.7. The summed E-state index contributed by atoms with van der Waals surface area (Å²) in [5, 5.41) is 8.68. The molecular formula is C20H21N7O2. The van der Waals surface area contributed by atoms with Crippen LogP contribution in [0.25, 0.3) is 33.7 Å². The van der Waals surface area contributed by atoms with Gasteiger partial charge in [0, 0.05) is 48.1 Å². The summed E-state index contributed by atoms with van der Waals surface area (Å²) in [5.41, 5.74) is 8.24. The third-order valence-corrected chi connectivity index (χ3v) is 5.28. The van der Waals surface area contributed by atoms with E-state index in [1.54, 1.807) is 13.3 Å². The van der Waals surface area contributed by atoms with E-state index in [2.05, 4.69) is 25.1 Å². The number of hydrogen-bond acceptors (Lipinski definition) is 8. The number of ether oxygens (including phenoxy) is 1. The molecule has 0 aliphatic carbocycles. The van der Waals surface area contributed by atoms with Gasteiger partial charge in [-0.15, -0.1) is 5.10 Å². The van der Waals surface area contributed by atoms with Gasteiger partial charge >= 0.3 is 6.01 Å². The molecule has 148 valence electrons. The molecule has 3 N–H and O–H groups in total. The Kier molecular flexibility index (Phi) is 4.36. The standard InChI is InChI=1S/C20H21N7O2/c1-28-11-13-3-2-8-27(13)17-6-7-22-18(24-17)15-10-23-16-5-4-12(9-14(15)16)19-25-26-20(21)29-19/h4-7,9-10,13,23H,2-3,8,11H2,1H3,(H2,21,26)/t13-/m0/s1. The molecule has 9 heteroatoms. The van der Waals surface area contributed by atoms with Crippen molar-refractivity contribution in [3.63, 3.8) is 0 Å². The largest absolute Gasteiger partial charge is 0.404 e. The summed E-state index contributed by atoms with van der Waals surface area (Å²) in [6.07, 6.45) is 5.97. The van der Waals surface area contributed by atoms with Crippen molar-refractivity contribution in [2.24, 2.45) is 0 Å². The van der Waals surface area contributed by atoms with Crippen LogP contribution in [-0.4, -0.2) is 51.5 Å². The molecule has 1 atom stereocenters. The number of nitrogens with one attached hydrogen (secondary N) is 1. The first-order valence-corrected chi connectivity index (χ1v) is 9.52. The van der Waals surface area contributed by atoms with Gasteiger partial charge in [0.1, 0.15) is 5.82 Å². The van der Waals surface area contributed by atoms with Crippen LogP contribution < -0.4 is 10.6 Å². The number of nitrogens with two attached hydrogens (primary N) is 1. The summed E-state index contributed by atoms with van der Waals surface area (Å²) in [4.78, 5) is 15.0. The Morgan fingerprint density at radius 1 is 1.31 bits per heavy atom. The number of aromatic nitrogens is 5. The van der Waals surface area contributed by atoms with Crippen molar-refractivity contribution >= 4 is 22.7 Å². The summed E-state index contributed by atoms with van der Waals surface area (Å²) in [6, 6.07) is 8.20. The molecule has 0 bridgehead atoms. The quantitative estimate of drug-likeness (QED) is 0.533. The number of hydrogen-bond donors (Lipinski definition) is 2. The van der Waals surface area contributed by atoms with Crippen LogP contribution in [0.5, 0.6) is 0 Å². The SMILES string of the molecule is COC[C@@H]1CCCN1c1ccnc(-c2c[nH]c3ccc(-c4nnc(N)o4)cc23)n1. The van der Waals surface area contributed by atoms with Crippen LogP contribution in [0.15, 0.2) is 41.1 Å². The lowest BCUT2D eigenvalue weighted by molar-refractivity contribution is 0.180. The van der Waals surface area contributed by atoms with Gasteiger partial charge in [-0.05, 0) is 37.1 Å². The van der Waals surface area contributed by atoms with Gasteiger partial charge in [0.05, 0.1) is 12.6 Å². The Hall–Kier alpha value is -3.46. The Morgan fingerprint density at radius 3 is 3.07 bits per heavy atom. The van der Waals surface area contributed by atoms with Crippen LogP contribution >= 0.6 is 0 Å².